The highest BCUT2D eigenvalue weighted by Gasteiger charge is 2.25. The van der Waals surface area contributed by atoms with Gasteiger partial charge in [-0.2, -0.15) is 11.8 Å². The quantitative estimate of drug-likeness (QED) is 0.635. The fraction of sp³-hybridized carbons (Fsp3) is 0.941. The van der Waals surface area contributed by atoms with E-state index in [0.29, 0.717) is 0 Å². The van der Waals surface area contributed by atoms with Crippen LogP contribution in [0.15, 0.2) is 4.99 Å². The van der Waals surface area contributed by atoms with Gasteiger partial charge in [-0.25, -0.2) is 0 Å². The maximum atomic E-state index is 4.98. The minimum Gasteiger partial charge on any atom is -0.357 e. The maximum Gasteiger partial charge on any atom is 0.193 e. The van der Waals surface area contributed by atoms with E-state index in [1.54, 1.807) is 0 Å². The zero-order chi connectivity index (χ0) is 15.9. The molecule has 4 nitrogen and oxygen atoms in total. The number of nitrogens with zero attached hydrogens (tertiary/aromatic N) is 3. The predicted molar refractivity (Wildman–Crippen MR) is 98.9 cm³/mol. The van der Waals surface area contributed by atoms with E-state index < -0.39 is 0 Å². The summed E-state index contributed by atoms with van der Waals surface area (Å²) in [5, 5.41) is 4.25. The summed E-state index contributed by atoms with van der Waals surface area (Å²) in [6, 6.07) is 0. The van der Waals surface area contributed by atoms with Gasteiger partial charge in [0, 0.05) is 37.2 Å². The van der Waals surface area contributed by atoms with Gasteiger partial charge in [0.25, 0.3) is 0 Å². The first-order valence-electron chi connectivity index (χ1n) is 8.93. The van der Waals surface area contributed by atoms with E-state index in [1.165, 1.54) is 31.7 Å². The van der Waals surface area contributed by atoms with Crippen molar-refractivity contribution < 1.29 is 0 Å². The number of thioether (sulfide) groups is 1. The van der Waals surface area contributed by atoms with Crippen LogP contribution in [0.4, 0.5) is 0 Å². The number of piperidine rings is 1. The molecule has 1 unspecified atom stereocenters. The van der Waals surface area contributed by atoms with Gasteiger partial charge in [0.1, 0.15) is 0 Å². The molecule has 2 saturated heterocycles. The number of rotatable bonds is 4. The molecule has 0 spiro atoms. The Morgan fingerprint density at radius 2 is 2.00 bits per heavy atom. The second-order valence-electron chi connectivity index (χ2n) is 7.04. The topological polar surface area (TPSA) is 30.9 Å². The minimum absolute atomic E-state index is 0.737. The standard InChI is InChI=1S/C17H34N4S/c1-5-18-17(19-12-15-6-8-20(4)9-7-15)21-10-11-22-16(13-21)14(2)3/h14-16H,5-13H2,1-4H3,(H,18,19). The first-order chi connectivity index (χ1) is 10.6. The summed E-state index contributed by atoms with van der Waals surface area (Å²) in [5.41, 5.74) is 0. The lowest BCUT2D eigenvalue weighted by atomic mass is 9.97. The molecule has 2 rings (SSSR count). The van der Waals surface area contributed by atoms with E-state index in [0.717, 1.165) is 49.2 Å². The van der Waals surface area contributed by atoms with Gasteiger partial charge in [0.2, 0.25) is 0 Å². The molecule has 0 aromatic heterocycles. The highest BCUT2D eigenvalue weighted by atomic mass is 32.2. The van der Waals surface area contributed by atoms with Gasteiger partial charge in [0.15, 0.2) is 5.96 Å². The number of hydrogen-bond acceptors (Lipinski definition) is 3. The lowest BCUT2D eigenvalue weighted by molar-refractivity contribution is 0.223. The van der Waals surface area contributed by atoms with Crippen molar-refractivity contribution in [1.82, 2.24) is 15.1 Å². The van der Waals surface area contributed by atoms with Crippen LogP contribution in [-0.2, 0) is 0 Å². The molecule has 0 bridgehead atoms. The molecule has 0 aromatic carbocycles. The molecule has 1 atom stereocenters. The first-order valence-corrected chi connectivity index (χ1v) is 9.98. The van der Waals surface area contributed by atoms with Crippen LogP contribution in [-0.4, -0.2) is 73.1 Å². The van der Waals surface area contributed by atoms with Crippen LogP contribution in [0.1, 0.15) is 33.6 Å². The Balaban J connectivity index is 1.91. The molecular formula is C17H34N4S. The summed E-state index contributed by atoms with van der Waals surface area (Å²) < 4.78 is 0. The summed E-state index contributed by atoms with van der Waals surface area (Å²) in [7, 11) is 2.22. The van der Waals surface area contributed by atoms with Gasteiger partial charge in [-0.3, -0.25) is 4.99 Å². The Hall–Kier alpha value is -0.420. The molecule has 2 heterocycles. The Kier molecular flexibility index (Phi) is 7.35. The second kappa shape index (κ2) is 9.02. The van der Waals surface area contributed by atoms with Gasteiger partial charge in [0.05, 0.1) is 0 Å². The SMILES string of the molecule is CCNC(=NCC1CCN(C)CC1)N1CCSC(C(C)C)C1. The molecule has 0 amide bonds. The summed E-state index contributed by atoms with van der Waals surface area (Å²) in [5.74, 6) is 3.88. The normalized spacial score (nSPS) is 25.8. The number of hydrogen-bond donors (Lipinski definition) is 1. The first kappa shape index (κ1) is 17.9. The van der Waals surface area contributed by atoms with Gasteiger partial charge < -0.3 is 15.1 Å². The third-order valence-corrected chi connectivity index (χ3v) is 6.35. The largest absolute Gasteiger partial charge is 0.357 e. The molecule has 22 heavy (non-hydrogen) atoms. The Bertz CT molecular complexity index is 351. The molecule has 0 aliphatic carbocycles. The van der Waals surface area contributed by atoms with Crippen molar-refractivity contribution in [1.29, 1.82) is 0 Å². The molecule has 1 N–H and O–H groups in total. The van der Waals surface area contributed by atoms with E-state index in [1.807, 2.05) is 0 Å². The van der Waals surface area contributed by atoms with Crippen molar-refractivity contribution in [3.63, 3.8) is 0 Å². The highest BCUT2D eigenvalue weighted by molar-refractivity contribution is 8.00. The lowest BCUT2D eigenvalue weighted by Crippen LogP contribution is -2.49. The van der Waals surface area contributed by atoms with Gasteiger partial charge in [-0.05, 0) is 51.7 Å². The highest BCUT2D eigenvalue weighted by Crippen LogP contribution is 2.25. The number of likely N-dealkylation sites (tertiary alicyclic amines) is 1. The molecule has 0 aromatic rings. The summed E-state index contributed by atoms with van der Waals surface area (Å²) >= 11 is 2.13. The minimum atomic E-state index is 0.737. The Labute approximate surface area is 141 Å². The zero-order valence-electron chi connectivity index (χ0n) is 14.8. The average Bonchev–Trinajstić information content (AvgIpc) is 2.53. The third kappa shape index (κ3) is 5.34. The Morgan fingerprint density at radius 1 is 1.27 bits per heavy atom. The predicted octanol–water partition coefficient (Wildman–Crippen LogP) is 2.37. The van der Waals surface area contributed by atoms with Crippen molar-refractivity contribution in [2.75, 3.05) is 52.1 Å². The van der Waals surface area contributed by atoms with E-state index in [2.05, 4.69) is 54.7 Å². The summed E-state index contributed by atoms with van der Waals surface area (Å²) in [4.78, 5) is 9.90. The number of guanidine groups is 1. The fourth-order valence-corrected chi connectivity index (χ4v) is 4.46. The van der Waals surface area contributed by atoms with Crippen molar-refractivity contribution in [3.8, 4) is 0 Å². The molecular weight excluding hydrogens is 292 g/mol. The van der Waals surface area contributed by atoms with Crippen LogP contribution < -0.4 is 5.32 Å². The van der Waals surface area contributed by atoms with Crippen LogP contribution in [0.3, 0.4) is 0 Å². The molecule has 128 valence electrons. The van der Waals surface area contributed by atoms with Crippen molar-refractivity contribution in [2.24, 2.45) is 16.8 Å². The average molecular weight is 327 g/mol. The van der Waals surface area contributed by atoms with E-state index in [4.69, 9.17) is 4.99 Å². The van der Waals surface area contributed by atoms with Gasteiger partial charge in [-0.1, -0.05) is 13.8 Å². The van der Waals surface area contributed by atoms with Crippen molar-refractivity contribution >= 4 is 17.7 Å². The lowest BCUT2D eigenvalue weighted by Gasteiger charge is -2.36. The van der Waals surface area contributed by atoms with Gasteiger partial charge >= 0.3 is 0 Å². The van der Waals surface area contributed by atoms with Crippen molar-refractivity contribution in [3.05, 3.63) is 0 Å². The van der Waals surface area contributed by atoms with E-state index in [9.17, 15) is 0 Å². The maximum absolute atomic E-state index is 4.98. The van der Waals surface area contributed by atoms with E-state index in [-0.39, 0.29) is 0 Å². The monoisotopic (exact) mass is 326 g/mol. The second-order valence-corrected chi connectivity index (χ2v) is 8.39. The number of aliphatic imine (C=N–C) groups is 1. The van der Waals surface area contributed by atoms with Crippen LogP contribution in [0.5, 0.6) is 0 Å². The van der Waals surface area contributed by atoms with Crippen LogP contribution in [0, 0.1) is 11.8 Å². The molecule has 2 aliphatic rings. The molecule has 0 radical (unpaired) electrons. The van der Waals surface area contributed by atoms with Gasteiger partial charge in [-0.15, -0.1) is 0 Å². The van der Waals surface area contributed by atoms with Crippen molar-refractivity contribution in [2.45, 2.75) is 38.9 Å². The molecule has 2 fully saturated rings. The number of nitrogens with one attached hydrogen (secondary N) is 1. The van der Waals surface area contributed by atoms with Crippen LogP contribution >= 0.6 is 11.8 Å². The zero-order valence-corrected chi connectivity index (χ0v) is 15.7. The van der Waals surface area contributed by atoms with Crippen LogP contribution in [0.25, 0.3) is 0 Å². The Morgan fingerprint density at radius 3 is 2.64 bits per heavy atom. The summed E-state index contributed by atoms with van der Waals surface area (Å²) in [6.45, 7) is 13.5. The van der Waals surface area contributed by atoms with Crippen LogP contribution in [0.2, 0.25) is 0 Å². The molecule has 2 aliphatic heterocycles. The van der Waals surface area contributed by atoms with E-state index >= 15 is 0 Å². The smallest absolute Gasteiger partial charge is 0.193 e. The fourth-order valence-electron chi connectivity index (χ4n) is 3.16. The summed E-state index contributed by atoms with van der Waals surface area (Å²) in [6.07, 6.45) is 2.59. The molecule has 5 heteroatoms. The third-order valence-electron chi connectivity index (χ3n) is 4.81. The molecule has 0 saturated carbocycles.